The highest BCUT2D eigenvalue weighted by molar-refractivity contribution is 5.73. The number of carbonyl (C=O) groups excluding carboxylic acids is 2. The van der Waals surface area contributed by atoms with E-state index in [4.69, 9.17) is 4.74 Å². The minimum absolute atomic E-state index is 0.0294. The Morgan fingerprint density at radius 1 is 1.11 bits per heavy atom. The molecular weight excluding hydrogens is 583 g/mol. The highest BCUT2D eigenvalue weighted by atomic mass is 19.1. The molecule has 0 spiro atoms. The second-order valence-corrected chi connectivity index (χ2v) is 13.8. The van der Waals surface area contributed by atoms with Gasteiger partial charge in [-0.15, -0.1) is 0 Å². The lowest BCUT2D eigenvalue weighted by Crippen LogP contribution is -2.58. The number of methoxy groups -OCH3 is 1. The summed E-state index contributed by atoms with van der Waals surface area (Å²) in [4.78, 5) is 31.7. The third kappa shape index (κ3) is 7.48. The van der Waals surface area contributed by atoms with Crippen LogP contribution in [0.2, 0.25) is 0 Å². The van der Waals surface area contributed by atoms with Crippen molar-refractivity contribution in [2.45, 2.75) is 57.0 Å². The first-order valence-electron chi connectivity index (χ1n) is 16.6. The zero-order valence-electron chi connectivity index (χ0n) is 27.7. The van der Waals surface area contributed by atoms with Gasteiger partial charge in [-0.25, -0.2) is 9.18 Å². The minimum Gasteiger partial charge on any atom is -0.453 e. The molecule has 3 aliphatic rings. The van der Waals surface area contributed by atoms with E-state index in [0.29, 0.717) is 12.5 Å². The molecule has 3 fully saturated rings. The average Bonchev–Trinajstić information content (AvgIpc) is 3.47. The van der Waals surface area contributed by atoms with E-state index in [9.17, 15) is 19.2 Å². The fraction of sp³-hybridized carbons (Fsp3) is 0.583. The SMILES string of the molecule is COC(=O)N[C@H]1CCC[C@@H]1[C@](CNC(C)=O)(c1cccc(F)c1)C1CCN(CC2CN(c3ccc(C#N)c(CN(C)C)c3)C2)CC1. The van der Waals surface area contributed by atoms with E-state index in [-0.39, 0.29) is 29.6 Å². The number of nitrogens with one attached hydrogen (secondary N) is 2. The van der Waals surface area contributed by atoms with E-state index in [2.05, 4.69) is 43.5 Å². The van der Waals surface area contributed by atoms with Crippen molar-refractivity contribution in [3.8, 4) is 6.07 Å². The van der Waals surface area contributed by atoms with Crippen LogP contribution in [0.25, 0.3) is 0 Å². The molecule has 9 nitrogen and oxygen atoms in total. The first-order chi connectivity index (χ1) is 22.1. The number of ether oxygens (including phenoxy) is 1. The van der Waals surface area contributed by atoms with E-state index in [1.54, 1.807) is 12.1 Å². The van der Waals surface area contributed by atoms with Crippen LogP contribution < -0.4 is 15.5 Å². The first kappa shape index (κ1) is 33.7. The molecule has 248 valence electrons. The summed E-state index contributed by atoms with van der Waals surface area (Å²) in [5, 5.41) is 15.7. The predicted octanol–water partition coefficient (Wildman–Crippen LogP) is 4.51. The molecule has 1 saturated carbocycles. The quantitative estimate of drug-likeness (QED) is 0.376. The van der Waals surface area contributed by atoms with Gasteiger partial charge in [0.2, 0.25) is 5.91 Å². The number of amides is 2. The van der Waals surface area contributed by atoms with Crippen molar-refractivity contribution in [1.82, 2.24) is 20.4 Å². The molecule has 2 heterocycles. The summed E-state index contributed by atoms with van der Waals surface area (Å²) in [5.74, 6) is 0.402. The van der Waals surface area contributed by atoms with Gasteiger partial charge < -0.3 is 30.1 Å². The highest BCUT2D eigenvalue weighted by Crippen LogP contribution is 2.50. The summed E-state index contributed by atoms with van der Waals surface area (Å²) in [6, 6.07) is 15.2. The standard InChI is InChI=1S/C36H49FN6O3/c1-25(44)39-24-36(30-7-5-8-31(37)18-30,33-9-6-10-34(33)40-35(45)46-4)29-13-15-42(16-14-29)20-26-21-43(22-26)32-12-11-27(19-38)28(17-32)23-41(2)3/h5,7-8,11-12,17-18,26,29,33-34H,6,9-10,13-16,20-24H2,1-4H3,(H,39,44)(H,40,45)/t33-,34-,36-/m0/s1. The molecule has 3 atom stereocenters. The van der Waals surface area contributed by atoms with Gasteiger partial charge in [0.25, 0.3) is 0 Å². The van der Waals surface area contributed by atoms with Crippen LogP contribution in [0.5, 0.6) is 0 Å². The van der Waals surface area contributed by atoms with Crippen molar-refractivity contribution in [2.75, 3.05) is 65.4 Å². The molecule has 0 unspecified atom stereocenters. The molecule has 2 saturated heterocycles. The number of rotatable bonds is 11. The van der Waals surface area contributed by atoms with Gasteiger partial charge in [0, 0.05) is 62.7 Å². The van der Waals surface area contributed by atoms with Crippen LogP contribution in [-0.4, -0.2) is 88.3 Å². The molecule has 5 rings (SSSR count). The van der Waals surface area contributed by atoms with Gasteiger partial charge in [-0.05, 0) is 106 Å². The number of likely N-dealkylation sites (tertiary alicyclic amines) is 1. The van der Waals surface area contributed by atoms with Gasteiger partial charge in [-0.2, -0.15) is 5.26 Å². The molecule has 0 bridgehead atoms. The number of anilines is 1. The number of hydrogen-bond donors (Lipinski definition) is 2. The minimum atomic E-state index is -0.533. The van der Waals surface area contributed by atoms with E-state index < -0.39 is 11.5 Å². The summed E-state index contributed by atoms with van der Waals surface area (Å²) >= 11 is 0. The van der Waals surface area contributed by atoms with Gasteiger partial charge >= 0.3 is 6.09 Å². The number of hydrogen-bond acceptors (Lipinski definition) is 7. The summed E-state index contributed by atoms with van der Waals surface area (Å²) in [6.45, 7) is 7.55. The maximum Gasteiger partial charge on any atom is 0.407 e. The molecule has 2 amide bonds. The van der Waals surface area contributed by atoms with E-state index in [1.165, 1.54) is 25.8 Å². The van der Waals surface area contributed by atoms with Crippen molar-refractivity contribution in [3.63, 3.8) is 0 Å². The highest BCUT2D eigenvalue weighted by Gasteiger charge is 2.52. The fourth-order valence-electron chi connectivity index (χ4n) is 8.39. The van der Waals surface area contributed by atoms with Crippen LogP contribution in [0.4, 0.5) is 14.9 Å². The lowest BCUT2D eigenvalue weighted by Gasteiger charge is -2.51. The smallest absolute Gasteiger partial charge is 0.407 e. The van der Waals surface area contributed by atoms with Crippen LogP contribution in [0.15, 0.2) is 42.5 Å². The first-order valence-corrected chi connectivity index (χ1v) is 16.6. The zero-order chi connectivity index (χ0) is 32.8. The molecule has 1 aliphatic carbocycles. The number of carbonyl (C=O) groups is 2. The second kappa shape index (κ2) is 14.8. The largest absolute Gasteiger partial charge is 0.453 e. The molecule has 2 aliphatic heterocycles. The normalized spacial score (nSPS) is 22.2. The zero-order valence-corrected chi connectivity index (χ0v) is 27.7. The Morgan fingerprint density at radius 2 is 1.87 bits per heavy atom. The lowest BCUT2D eigenvalue weighted by molar-refractivity contribution is -0.119. The molecular formula is C36H49FN6O3. The van der Waals surface area contributed by atoms with Gasteiger partial charge in [-0.1, -0.05) is 18.6 Å². The van der Waals surface area contributed by atoms with Crippen molar-refractivity contribution in [1.29, 1.82) is 5.26 Å². The van der Waals surface area contributed by atoms with Gasteiger partial charge in [0.1, 0.15) is 5.82 Å². The third-order valence-corrected chi connectivity index (χ3v) is 10.5. The molecule has 10 heteroatoms. The molecule has 2 N–H and O–H groups in total. The Bertz CT molecular complexity index is 1410. The Kier molecular flexibility index (Phi) is 10.9. The summed E-state index contributed by atoms with van der Waals surface area (Å²) in [6.07, 6.45) is 4.06. The number of piperidine rings is 1. The molecule has 0 aromatic heterocycles. The van der Waals surface area contributed by atoms with Gasteiger partial charge in [-0.3, -0.25) is 4.79 Å². The van der Waals surface area contributed by atoms with Gasteiger partial charge in [0.15, 0.2) is 0 Å². The maximum atomic E-state index is 14.8. The monoisotopic (exact) mass is 632 g/mol. The van der Waals surface area contributed by atoms with Crippen LogP contribution in [0, 0.1) is 34.9 Å². The topological polar surface area (TPSA) is 101 Å². The molecule has 46 heavy (non-hydrogen) atoms. The van der Waals surface area contributed by atoms with Crippen LogP contribution in [0.3, 0.4) is 0 Å². The van der Waals surface area contributed by atoms with Crippen molar-refractivity contribution < 1.29 is 18.7 Å². The average molecular weight is 633 g/mol. The molecule has 2 aromatic carbocycles. The molecule has 0 radical (unpaired) electrons. The lowest BCUT2D eigenvalue weighted by atomic mass is 9.58. The van der Waals surface area contributed by atoms with Crippen LogP contribution in [-0.2, 0) is 21.5 Å². The van der Waals surface area contributed by atoms with Crippen LogP contribution in [0.1, 0.15) is 55.7 Å². The second-order valence-electron chi connectivity index (χ2n) is 13.8. The van der Waals surface area contributed by atoms with Crippen molar-refractivity contribution >= 4 is 17.7 Å². The number of halogens is 1. The Morgan fingerprint density at radius 3 is 2.52 bits per heavy atom. The fourth-order valence-corrected chi connectivity index (χ4v) is 8.39. The van der Waals surface area contributed by atoms with E-state index >= 15 is 0 Å². The van der Waals surface area contributed by atoms with Crippen molar-refractivity contribution in [3.05, 3.63) is 65.0 Å². The number of nitriles is 1. The summed E-state index contributed by atoms with van der Waals surface area (Å²) in [7, 11) is 5.41. The maximum absolute atomic E-state index is 14.8. The summed E-state index contributed by atoms with van der Waals surface area (Å²) < 4.78 is 19.8. The number of benzene rings is 2. The predicted molar refractivity (Wildman–Crippen MR) is 177 cm³/mol. The van der Waals surface area contributed by atoms with Gasteiger partial charge in [0.05, 0.1) is 18.7 Å². The number of nitrogens with zero attached hydrogens (tertiary/aromatic N) is 4. The third-order valence-electron chi connectivity index (χ3n) is 10.5. The molecule has 2 aromatic rings. The van der Waals surface area contributed by atoms with E-state index in [1.807, 2.05) is 26.2 Å². The van der Waals surface area contributed by atoms with Crippen molar-refractivity contribution in [2.24, 2.45) is 17.8 Å². The van der Waals surface area contributed by atoms with E-state index in [0.717, 1.165) is 88.1 Å². The Hall–Kier alpha value is -3.68. The van der Waals surface area contributed by atoms with Crippen LogP contribution >= 0.6 is 0 Å². The Balaban J connectivity index is 1.29. The number of alkyl carbamates (subject to hydrolysis) is 1. The Labute approximate surface area is 273 Å². The summed E-state index contributed by atoms with van der Waals surface area (Å²) in [5.41, 5.74) is 3.33.